The summed E-state index contributed by atoms with van der Waals surface area (Å²) < 4.78 is 5.31. The molecule has 0 aliphatic carbocycles. The Balaban J connectivity index is 2.05. The normalized spacial score (nSPS) is 22.3. The fourth-order valence-corrected chi connectivity index (χ4v) is 5.80. The summed E-state index contributed by atoms with van der Waals surface area (Å²) in [6.07, 6.45) is 0. The molecular formula is C17H18BrN3O3S2. The Kier molecular flexibility index (Phi) is 5.41. The third kappa shape index (κ3) is 3.16. The van der Waals surface area contributed by atoms with E-state index >= 15 is 0 Å². The highest BCUT2D eigenvalue weighted by atomic mass is 79.9. The summed E-state index contributed by atoms with van der Waals surface area (Å²) in [6, 6.07) is 7.66. The largest absolute Gasteiger partial charge is 0.461 e. The minimum Gasteiger partial charge on any atom is -0.461 e. The molecule has 0 radical (unpaired) electrons. The van der Waals surface area contributed by atoms with Gasteiger partial charge in [0.2, 0.25) is 9.37 Å². The number of rotatable bonds is 4. The number of Topliss-reactive ketones (excluding diaryl/α,β-unsaturated/α-hetero) is 1. The number of ketones is 1. The molecular weight excluding hydrogens is 438 g/mol. The summed E-state index contributed by atoms with van der Waals surface area (Å²) in [5.41, 5.74) is 1.68. The highest BCUT2D eigenvalue weighted by Crippen LogP contribution is 2.58. The van der Waals surface area contributed by atoms with Crippen LogP contribution >= 0.6 is 39.5 Å². The van der Waals surface area contributed by atoms with Gasteiger partial charge in [-0.05, 0) is 56.8 Å². The van der Waals surface area contributed by atoms with Gasteiger partial charge < -0.3 is 9.64 Å². The maximum absolute atomic E-state index is 12.3. The third-order valence-corrected chi connectivity index (χ3v) is 7.70. The lowest BCUT2D eigenvalue weighted by atomic mass is 10.3. The van der Waals surface area contributed by atoms with E-state index in [1.165, 1.54) is 23.5 Å². The zero-order valence-electron chi connectivity index (χ0n) is 14.8. The van der Waals surface area contributed by atoms with Gasteiger partial charge in [-0.3, -0.25) is 4.79 Å². The number of anilines is 1. The van der Waals surface area contributed by atoms with Crippen LogP contribution in [0.15, 0.2) is 44.4 Å². The van der Waals surface area contributed by atoms with Gasteiger partial charge in [0.1, 0.15) is 0 Å². The molecule has 0 bridgehead atoms. The molecule has 1 aromatic rings. The number of ether oxygens (including phenoxy) is 1. The average molecular weight is 456 g/mol. The SMILES string of the molecule is CCOC(=O)C1=NN(c2ccc(Br)cc2)[C@@]2(S1)SC(C(C)=O)=C(C)N2C. The standard InChI is InChI=1S/C17H18BrN3O3S2/c1-5-24-16(23)15-19-21(13-8-6-12(18)7-9-13)17(26-15)20(4)10(2)14(25-17)11(3)22/h6-9H,5H2,1-4H3/t17-/m1/s1. The minimum atomic E-state index is -0.777. The Bertz CT molecular complexity index is 825. The van der Waals surface area contributed by atoms with Gasteiger partial charge in [-0.1, -0.05) is 27.7 Å². The van der Waals surface area contributed by atoms with Gasteiger partial charge in [-0.2, -0.15) is 5.10 Å². The maximum Gasteiger partial charge on any atom is 0.365 e. The van der Waals surface area contributed by atoms with Crippen LogP contribution < -0.4 is 5.01 Å². The van der Waals surface area contributed by atoms with Crippen LogP contribution in [0.25, 0.3) is 0 Å². The molecule has 138 valence electrons. The van der Waals surface area contributed by atoms with Crippen molar-refractivity contribution in [3.8, 4) is 0 Å². The van der Waals surface area contributed by atoms with Gasteiger partial charge in [-0.25, -0.2) is 9.80 Å². The molecule has 3 rings (SSSR count). The molecule has 6 nitrogen and oxygen atoms in total. The summed E-state index contributed by atoms with van der Waals surface area (Å²) >= 11 is 6.13. The van der Waals surface area contributed by atoms with Crippen LogP contribution in [0.3, 0.4) is 0 Å². The van der Waals surface area contributed by atoms with E-state index < -0.39 is 10.3 Å². The van der Waals surface area contributed by atoms with Crippen LogP contribution in [0.4, 0.5) is 5.69 Å². The molecule has 0 unspecified atom stereocenters. The van der Waals surface area contributed by atoms with Crippen molar-refractivity contribution in [1.82, 2.24) is 4.90 Å². The lowest BCUT2D eigenvalue weighted by Crippen LogP contribution is -2.47. The lowest BCUT2D eigenvalue weighted by Gasteiger charge is -2.39. The van der Waals surface area contributed by atoms with Gasteiger partial charge in [0.25, 0.3) is 0 Å². The van der Waals surface area contributed by atoms with Crippen molar-refractivity contribution in [2.24, 2.45) is 5.10 Å². The number of hydrogen-bond donors (Lipinski definition) is 0. The summed E-state index contributed by atoms with van der Waals surface area (Å²) in [6.45, 7) is 5.50. The first-order chi connectivity index (χ1) is 12.3. The number of hydrazone groups is 1. The highest BCUT2D eigenvalue weighted by molar-refractivity contribution is 9.10. The second kappa shape index (κ2) is 7.28. The monoisotopic (exact) mass is 455 g/mol. The Hall–Kier alpha value is -1.45. The fourth-order valence-electron chi connectivity index (χ4n) is 2.66. The first-order valence-electron chi connectivity index (χ1n) is 7.95. The molecule has 0 saturated carbocycles. The highest BCUT2D eigenvalue weighted by Gasteiger charge is 2.56. The minimum absolute atomic E-state index is 0.00262. The van der Waals surface area contributed by atoms with Crippen molar-refractivity contribution in [3.05, 3.63) is 39.3 Å². The van der Waals surface area contributed by atoms with Crippen LogP contribution in [-0.2, 0) is 14.3 Å². The number of esters is 1. The van der Waals surface area contributed by atoms with Crippen molar-refractivity contribution >= 4 is 61.9 Å². The smallest absolute Gasteiger partial charge is 0.365 e. The topological polar surface area (TPSA) is 62.2 Å². The van der Waals surface area contributed by atoms with E-state index in [-0.39, 0.29) is 17.4 Å². The van der Waals surface area contributed by atoms with Gasteiger partial charge in [-0.15, -0.1) is 0 Å². The van der Waals surface area contributed by atoms with Crippen LogP contribution in [0.1, 0.15) is 20.8 Å². The van der Waals surface area contributed by atoms with Crippen LogP contribution in [0.5, 0.6) is 0 Å². The Labute approximate surface area is 169 Å². The Morgan fingerprint density at radius 2 is 1.92 bits per heavy atom. The number of nitrogens with zero attached hydrogens (tertiary/aromatic N) is 3. The molecule has 1 spiro atoms. The first kappa shape index (κ1) is 19.3. The van der Waals surface area contributed by atoms with E-state index in [2.05, 4.69) is 21.0 Å². The second-order valence-electron chi connectivity index (χ2n) is 5.70. The molecule has 1 aromatic carbocycles. The molecule has 0 N–H and O–H groups in total. The number of carbonyl (C=O) groups is 2. The quantitative estimate of drug-likeness (QED) is 0.635. The van der Waals surface area contributed by atoms with E-state index in [9.17, 15) is 9.59 Å². The average Bonchev–Trinajstić information content (AvgIpc) is 3.10. The third-order valence-electron chi connectivity index (χ3n) is 4.02. The van der Waals surface area contributed by atoms with Crippen molar-refractivity contribution in [1.29, 1.82) is 0 Å². The van der Waals surface area contributed by atoms with E-state index in [0.717, 1.165) is 15.9 Å². The fraction of sp³-hybridized carbons (Fsp3) is 0.353. The van der Waals surface area contributed by atoms with E-state index in [0.29, 0.717) is 4.91 Å². The van der Waals surface area contributed by atoms with Crippen molar-refractivity contribution in [2.45, 2.75) is 25.1 Å². The molecule has 0 amide bonds. The van der Waals surface area contributed by atoms with Crippen LogP contribution in [0, 0.1) is 0 Å². The number of allylic oxidation sites excluding steroid dienone is 2. The molecule has 1 atom stereocenters. The lowest BCUT2D eigenvalue weighted by molar-refractivity contribution is -0.134. The van der Waals surface area contributed by atoms with Crippen LogP contribution in [-0.4, -0.2) is 39.7 Å². The second-order valence-corrected chi connectivity index (χ2v) is 9.21. The van der Waals surface area contributed by atoms with Gasteiger partial charge in [0.05, 0.1) is 17.2 Å². The first-order valence-corrected chi connectivity index (χ1v) is 10.4. The van der Waals surface area contributed by atoms with Gasteiger partial charge >= 0.3 is 5.97 Å². The van der Waals surface area contributed by atoms with Crippen LogP contribution in [0.2, 0.25) is 0 Å². The summed E-state index contributed by atoms with van der Waals surface area (Å²) in [4.78, 5) is 27.0. The van der Waals surface area contributed by atoms with Crippen molar-refractivity contribution in [3.63, 3.8) is 0 Å². The predicted octanol–water partition coefficient (Wildman–Crippen LogP) is 3.99. The number of halogens is 1. The molecule has 9 heteroatoms. The van der Waals surface area contributed by atoms with Gasteiger partial charge in [0.15, 0.2) is 5.78 Å². The summed E-state index contributed by atoms with van der Waals surface area (Å²) in [7, 11) is 1.90. The molecule has 2 aliphatic heterocycles. The van der Waals surface area contributed by atoms with Crippen molar-refractivity contribution < 1.29 is 14.3 Å². The number of carbonyl (C=O) groups excluding carboxylic acids is 2. The molecule has 26 heavy (non-hydrogen) atoms. The zero-order valence-corrected chi connectivity index (χ0v) is 18.0. The summed E-state index contributed by atoms with van der Waals surface area (Å²) in [5, 5.41) is 6.59. The molecule has 0 fully saturated rings. The van der Waals surface area contributed by atoms with E-state index in [1.54, 1.807) is 18.9 Å². The molecule has 2 heterocycles. The predicted molar refractivity (Wildman–Crippen MR) is 110 cm³/mol. The summed E-state index contributed by atoms with van der Waals surface area (Å²) in [5.74, 6) is -0.461. The van der Waals surface area contributed by atoms with E-state index in [4.69, 9.17) is 4.74 Å². The number of benzene rings is 1. The molecule has 0 aromatic heterocycles. The molecule has 0 saturated heterocycles. The maximum atomic E-state index is 12.3. The zero-order chi connectivity index (χ0) is 19.1. The van der Waals surface area contributed by atoms with E-state index in [1.807, 2.05) is 43.1 Å². The van der Waals surface area contributed by atoms with Crippen molar-refractivity contribution in [2.75, 3.05) is 18.7 Å². The number of thioether (sulfide) groups is 2. The Morgan fingerprint density at radius 1 is 1.27 bits per heavy atom. The molecule has 2 aliphatic rings. The Morgan fingerprint density at radius 3 is 2.46 bits per heavy atom. The van der Waals surface area contributed by atoms with Gasteiger partial charge in [0, 0.05) is 17.2 Å². The number of hydrogen-bond acceptors (Lipinski definition) is 8.